The van der Waals surface area contributed by atoms with Crippen LogP contribution < -0.4 is 9.64 Å². The van der Waals surface area contributed by atoms with Gasteiger partial charge < -0.3 is 9.64 Å². The van der Waals surface area contributed by atoms with Crippen LogP contribution in [0.3, 0.4) is 0 Å². The summed E-state index contributed by atoms with van der Waals surface area (Å²) in [6.45, 7) is 0.154. The summed E-state index contributed by atoms with van der Waals surface area (Å²) in [4.78, 5) is 18.3. The summed E-state index contributed by atoms with van der Waals surface area (Å²) in [6, 6.07) is 16.2. The van der Waals surface area contributed by atoms with E-state index in [1.807, 2.05) is 6.07 Å². The number of nitrogens with zero attached hydrogens (tertiary/aromatic N) is 2. The Bertz CT molecular complexity index is 855. The van der Waals surface area contributed by atoms with Crippen LogP contribution in [0.5, 0.6) is 5.75 Å². The van der Waals surface area contributed by atoms with E-state index >= 15 is 0 Å². The van der Waals surface area contributed by atoms with Crippen molar-refractivity contribution in [3.05, 3.63) is 89.5 Å². The predicted molar refractivity (Wildman–Crippen MR) is 98.8 cm³/mol. The first-order valence-corrected chi connectivity index (χ1v) is 8.33. The first-order valence-electron chi connectivity index (χ1n) is 7.95. The van der Waals surface area contributed by atoms with Crippen LogP contribution in [0.4, 0.5) is 10.1 Å². The predicted octanol–water partition coefficient (Wildman–Crippen LogP) is 4.49. The number of carbonyl (C=O) groups is 1. The van der Waals surface area contributed by atoms with E-state index < -0.39 is 0 Å². The molecule has 1 aromatic heterocycles. The highest BCUT2D eigenvalue weighted by atomic mass is 35.5. The van der Waals surface area contributed by atoms with Crippen molar-refractivity contribution in [2.75, 3.05) is 11.5 Å². The van der Waals surface area contributed by atoms with Gasteiger partial charge in [-0.05, 0) is 60.2 Å². The molecule has 0 aliphatic rings. The Morgan fingerprint density at radius 1 is 1.08 bits per heavy atom. The summed E-state index contributed by atoms with van der Waals surface area (Å²) in [6.07, 6.45) is 3.35. The van der Waals surface area contributed by atoms with Gasteiger partial charge in [-0.1, -0.05) is 17.7 Å². The molecule has 0 radical (unpaired) electrons. The van der Waals surface area contributed by atoms with E-state index in [-0.39, 0.29) is 18.3 Å². The molecule has 0 saturated heterocycles. The van der Waals surface area contributed by atoms with Crippen LogP contribution in [0.1, 0.15) is 5.56 Å². The number of pyridine rings is 1. The zero-order valence-corrected chi connectivity index (χ0v) is 14.6. The molecule has 0 N–H and O–H groups in total. The number of amides is 1. The molecule has 132 valence electrons. The number of rotatable bonds is 6. The first kappa shape index (κ1) is 17.9. The molecule has 0 aliphatic carbocycles. The summed E-state index contributed by atoms with van der Waals surface area (Å²) < 4.78 is 18.8. The zero-order chi connectivity index (χ0) is 18.4. The smallest absolute Gasteiger partial charge is 0.265 e. The quantitative estimate of drug-likeness (QED) is 0.642. The van der Waals surface area contributed by atoms with E-state index in [1.165, 1.54) is 17.0 Å². The van der Waals surface area contributed by atoms with Gasteiger partial charge >= 0.3 is 0 Å². The maximum absolute atomic E-state index is 13.2. The van der Waals surface area contributed by atoms with Crippen LogP contribution in [-0.2, 0) is 11.3 Å². The molecule has 3 rings (SSSR count). The largest absolute Gasteiger partial charge is 0.484 e. The van der Waals surface area contributed by atoms with E-state index in [2.05, 4.69) is 4.98 Å². The van der Waals surface area contributed by atoms with Crippen LogP contribution in [0.25, 0.3) is 0 Å². The van der Waals surface area contributed by atoms with Crippen molar-refractivity contribution in [1.82, 2.24) is 4.98 Å². The number of hydrogen-bond donors (Lipinski definition) is 0. The Morgan fingerprint density at radius 2 is 1.81 bits per heavy atom. The minimum absolute atomic E-state index is 0.154. The maximum Gasteiger partial charge on any atom is 0.265 e. The molecule has 0 bridgehead atoms. The normalized spacial score (nSPS) is 10.4. The van der Waals surface area contributed by atoms with Gasteiger partial charge in [0.1, 0.15) is 11.6 Å². The minimum atomic E-state index is -0.361. The third-order valence-electron chi connectivity index (χ3n) is 3.68. The number of aromatic nitrogens is 1. The van der Waals surface area contributed by atoms with Crippen LogP contribution in [0, 0.1) is 5.82 Å². The second kappa shape index (κ2) is 8.45. The second-order valence-corrected chi connectivity index (χ2v) is 6.00. The Morgan fingerprint density at radius 3 is 2.46 bits per heavy atom. The molecule has 2 aromatic carbocycles. The Labute approximate surface area is 155 Å². The third kappa shape index (κ3) is 4.80. The molecule has 0 saturated carbocycles. The van der Waals surface area contributed by atoms with Crippen molar-refractivity contribution in [3.63, 3.8) is 0 Å². The summed E-state index contributed by atoms with van der Waals surface area (Å²) in [5.74, 6) is -0.0708. The van der Waals surface area contributed by atoms with E-state index in [4.69, 9.17) is 16.3 Å². The van der Waals surface area contributed by atoms with E-state index in [1.54, 1.807) is 54.9 Å². The molecule has 4 nitrogen and oxygen atoms in total. The summed E-state index contributed by atoms with van der Waals surface area (Å²) >= 11 is 5.84. The topological polar surface area (TPSA) is 42.4 Å². The molecule has 0 unspecified atom stereocenters. The molecule has 0 atom stereocenters. The minimum Gasteiger partial charge on any atom is -0.484 e. The van der Waals surface area contributed by atoms with Gasteiger partial charge in [-0.2, -0.15) is 0 Å². The van der Waals surface area contributed by atoms with E-state index in [0.717, 1.165) is 5.56 Å². The van der Waals surface area contributed by atoms with Crippen LogP contribution in [0.2, 0.25) is 5.02 Å². The van der Waals surface area contributed by atoms with E-state index in [9.17, 15) is 9.18 Å². The molecule has 1 amide bonds. The van der Waals surface area contributed by atoms with Gasteiger partial charge in [-0.3, -0.25) is 9.78 Å². The van der Waals surface area contributed by atoms with Crippen LogP contribution in [0.15, 0.2) is 73.1 Å². The van der Waals surface area contributed by atoms with Gasteiger partial charge in [0.15, 0.2) is 6.61 Å². The summed E-state index contributed by atoms with van der Waals surface area (Å²) in [5.41, 5.74) is 1.44. The fraction of sp³-hybridized carbons (Fsp3) is 0.100. The molecule has 26 heavy (non-hydrogen) atoms. The average Bonchev–Trinajstić information content (AvgIpc) is 2.67. The lowest BCUT2D eigenvalue weighted by Gasteiger charge is -2.23. The van der Waals surface area contributed by atoms with Gasteiger partial charge in [0, 0.05) is 23.1 Å². The molecule has 3 aromatic rings. The summed E-state index contributed by atoms with van der Waals surface area (Å²) in [5, 5.41) is 0.591. The van der Waals surface area contributed by atoms with Gasteiger partial charge in [0.2, 0.25) is 0 Å². The number of anilines is 1. The SMILES string of the molecule is O=C(COc1ccc(Cl)cc1)N(Cc1cccnc1)c1ccc(F)cc1. The van der Waals surface area contributed by atoms with Crippen LogP contribution in [-0.4, -0.2) is 17.5 Å². The van der Waals surface area contributed by atoms with Crippen LogP contribution >= 0.6 is 11.6 Å². The van der Waals surface area contributed by atoms with Gasteiger partial charge in [-0.25, -0.2) is 4.39 Å². The Balaban J connectivity index is 1.76. The lowest BCUT2D eigenvalue weighted by atomic mass is 10.2. The molecular weight excluding hydrogens is 355 g/mol. The van der Waals surface area contributed by atoms with Gasteiger partial charge in [0.05, 0.1) is 6.54 Å². The number of halogens is 2. The lowest BCUT2D eigenvalue weighted by molar-refractivity contribution is -0.120. The number of carbonyl (C=O) groups excluding carboxylic acids is 1. The fourth-order valence-electron chi connectivity index (χ4n) is 2.37. The van der Waals surface area contributed by atoms with Crippen molar-refractivity contribution < 1.29 is 13.9 Å². The number of hydrogen-bond acceptors (Lipinski definition) is 3. The van der Waals surface area contributed by atoms with Crippen molar-refractivity contribution in [1.29, 1.82) is 0 Å². The van der Waals surface area contributed by atoms with Crippen molar-refractivity contribution in [2.45, 2.75) is 6.54 Å². The highest BCUT2D eigenvalue weighted by Crippen LogP contribution is 2.19. The van der Waals surface area contributed by atoms with Crippen molar-refractivity contribution >= 4 is 23.2 Å². The van der Waals surface area contributed by atoms with Gasteiger partial charge in [-0.15, -0.1) is 0 Å². The molecule has 0 aliphatic heterocycles. The zero-order valence-electron chi connectivity index (χ0n) is 13.8. The summed E-state index contributed by atoms with van der Waals surface area (Å²) in [7, 11) is 0. The Kier molecular flexibility index (Phi) is 5.81. The fourth-order valence-corrected chi connectivity index (χ4v) is 2.50. The highest BCUT2D eigenvalue weighted by Gasteiger charge is 2.17. The standard InChI is InChI=1S/C20H16ClFN2O2/c21-16-3-9-19(10-4-16)26-14-20(25)24(13-15-2-1-11-23-12-15)18-7-5-17(22)6-8-18/h1-12H,13-14H2. The number of ether oxygens (including phenoxy) is 1. The first-order chi connectivity index (χ1) is 12.6. The third-order valence-corrected chi connectivity index (χ3v) is 3.93. The van der Waals surface area contributed by atoms with E-state index in [0.29, 0.717) is 23.0 Å². The second-order valence-electron chi connectivity index (χ2n) is 5.56. The lowest BCUT2D eigenvalue weighted by Crippen LogP contribution is -2.34. The molecule has 0 fully saturated rings. The maximum atomic E-state index is 13.2. The molecular formula is C20H16ClFN2O2. The molecule has 6 heteroatoms. The molecule has 0 spiro atoms. The van der Waals surface area contributed by atoms with Gasteiger partial charge in [0.25, 0.3) is 5.91 Å². The average molecular weight is 371 g/mol. The monoisotopic (exact) mass is 370 g/mol. The van der Waals surface area contributed by atoms with Crippen molar-refractivity contribution in [2.24, 2.45) is 0 Å². The number of benzene rings is 2. The highest BCUT2D eigenvalue weighted by molar-refractivity contribution is 6.30. The Hall–Kier alpha value is -2.92. The molecule has 1 heterocycles. The van der Waals surface area contributed by atoms with Crippen molar-refractivity contribution in [3.8, 4) is 5.75 Å².